The average molecular weight is 315 g/mol. The van der Waals surface area contributed by atoms with E-state index in [9.17, 15) is 18.5 Å². The van der Waals surface area contributed by atoms with Crippen LogP contribution in [0.3, 0.4) is 0 Å². The molecule has 102 valence electrons. The van der Waals surface area contributed by atoms with Crippen LogP contribution in [0.5, 0.6) is 0 Å². The Kier molecular flexibility index (Phi) is 5.64. The van der Waals surface area contributed by atoms with Crippen LogP contribution in [0.1, 0.15) is 0 Å². The Labute approximate surface area is 93.8 Å². The van der Waals surface area contributed by atoms with E-state index in [1.54, 1.807) is 0 Å². The lowest BCUT2D eigenvalue weighted by molar-refractivity contribution is -0.120. The van der Waals surface area contributed by atoms with E-state index in [1.807, 2.05) is 0 Å². The molecular weight excluding hydrogens is 307 g/mol. The van der Waals surface area contributed by atoms with Crippen molar-refractivity contribution in [2.45, 2.75) is 0 Å². The standard InChI is InChI=1S/C2H8NO11P3/c3-2(4)1-12-16(8,9)14-17(10,11)13-15(5,6)7/h1H2,(H2,3,4)(H,8,9)(H,10,11)(H2,5,6,7). The Balaban J connectivity index is 4.60. The van der Waals surface area contributed by atoms with Crippen LogP contribution < -0.4 is 5.73 Å². The molecule has 12 nitrogen and oxygen atoms in total. The molecule has 0 saturated carbocycles. The lowest BCUT2D eigenvalue weighted by Crippen LogP contribution is -2.17. The fourth-order valence-corrected chi connectivity index (χ4v) is 3.43. The van der Waals surface area contributed by atoms with Crippen LogP contribution in [0.4, 0.5) is 0 Å². The molecule has 0 aromatic carbocycles. The lowest BCUT2D eigenvalue weighted by Gasteiger charge is -2.15. The van der Waals surface area contributed by atoms with E-state index >= 15 is 0 Å². The molecule has 2 atom stereocenters. The summed E-state index contributed by atoms with van der Waals surface area (Å²) in [5.74, 6) is -1.19. The topological polar surface area (TPSA) is 203 Å². The highest BCUT2D eigenvalue weighted by atomic mass is 31.3. The van der Waals surface area contributed by atoms with Crippen LogP contribution in [-0.2, 0) is 31.6 Å². The van der Waals surface area contributed by atoms with E-state index in [0.717, 1.165) is 0 Å². The first kappa shape index (κ1) is 16.9. The van der Waals surface area contributed by atoms with Crippen molar-refractivity contribution >= 4 is 29.4 Å². The Bertz CT molecular complexity index is 422. The van der Waals surface area contributed by atoms with Gasteiger partial charge in [-0.25, -0.2) is 13.7 Å². The molecule has 0 rings (SSSR count). The van der Waals surface area contributed by atoms with Crippen molar-refractivity contribution in [2.24, 2.45) is 5.73 Å². The van der Waals surface area contributed by atoms with Crippen molar-refractivity contribution in [3.8, 4) is 0 Å². The number of carbonyl (C=O) groups excluding carboxylic acids is 1. The summed E-state index contributed by atoms with van der Waals surface area (Å²) in [6, 6.07) is 0. The molecule has 0 saturated heterocycles. The molecular formula is C2H8NO11P3. The summed E-state index contributed by atoms with van der Waals surface area (Å²) in [5, 5.41) is 0. The molecule has 0 radical (unpaired) electrons. The van der Waals surface area contributed by atoms with E-state index in [4.69, 9.17) is 19.6 Å². The number of amides is 1. The monoisotopic (exact) mass is 315 g/mol. The number of primary amides is 1. The maximum atomic E-state index is 10.9. The summed E-state index contributed by atoms with van der Waals surface area (Å²) in [7, 11) is -16.2. The molecule has 0 heterocycles. The van der Waals surface area contributed by atoms with Crippen LogP contribution in [-0.4, -0.2) is 32.1 Å². The van der Waals surface area contributed by atoms with Crippen LogP contribution in [0, 0.1) is 0 Å². The first-order valence-corrected chi connectivity index (χ1v) is 7.92. The summed E-state index contributed by atoms with van der Waals surface area (Å²) in [5.41, 5.74) is 4.53. The van der Waals surface area contributed by atoms with Crippen LogP contribution >= 0.6 is 23.5 Å². The van der Waals surface area contributed by atoms with Gasteiger partial charge in [-0.2, -0.15) is 8.62 Å². The second-order valence-electron chi connectivity index (χ2n) is 2.33. The third kappa shape index (κ3) is 9.57. The maximum Gasteiger partial charge on any atom is 0.490 e. The van der Waals surface area contributed by atoms with Crippen molar-refractivity contribution < 1.29 is 51.2 Å². The highest BCUT2D eigenvalue weighted by Crippen LogP contribution is 2.66. The van der Waals surface area contributed by atoms with E-state index in [-0.39, 0.29) is 0 Å². The van der Waals surface area contributed by atoms with E-state index < -0.39 is 36.0 Å². The Morgan fingerprint density at radius 1 is 1.00 bits per heavy atom. The van der Waals surface area contributed by atoms with Crippen molar-refractivity contribution in [1.29, 1.82) is 0 Å². The van der Waals surface area contributed by atoms with Crippen molar-refractivity contribution in [2.75, 3.05) is 6.61 Å². The fraction of sp³-hybridized carbons (Fsp3) is 0.500. The van der Waals surface area contributed by atoms with E-state index in [0.29, 0.717) is 0 Å². The van der Waals surface area contributed by atoms with Crippen molar-refractivity contribution in [3.63, 3.8) is 0 Å². The van der Waals surface area contributed by atoms with Gasteiger partial charge in [-0.15, -0.1) is 0 Å². The predicted octanol–water partition coefficient (Wildman–Crippen LogP) is -1.19. The second kappa shape index (κ2) is 5.68. The number of phosphoric acid groups is 3. The molecule has 2 unspecified atom stereocenters. The Hall–Kier alpha value is -0.120. The van der Waals surface area contributed by atoms with Gasteiger partial charge in [-0.05, 0) is 0 Å². The molecule has 15 heteroatoms. The molecule has 0 aromatic heterocycles. The lowest BCUT2D eigenvalue weighted by atomic mass is 10.7. The molecule has 0 bridgehead atoms. The Morgan fingerprint density at radius 3 is 1.82 bits per heavy atom. The highest BCUT2D eigenvalue weighted by molar-refractivity contribution is 7.66. The van der Waals surface area contributed by atoms with E-state index in [1.165, 1.54) is 0 Å². The summed E-state index contributed by atoms with van der Waals surface area (Å²) < 4.78 is 42.2. The SMILES string of the molecule is NC(=O)COP(=O)(O)OP(=O)(O)OP(=O)(O)O. The molecule has 0 aliphatic heterocycles. The summed E-state index contributed by atoms with van der Waals surface area (Å²) >= 11 is 0. The molecule has 0 aliphatic rings. The van der Waals surface area contributed by atoms with Gasteiger partial charge >= 0.3 is 23.5 Å². The van der Waals surface area contributed by atoms with E-state index in [2.05, 4.69) is 18.9 Å². The van der Waals surface area contributed by atoms with Gasteiger partial charge in [0.2, 0.25) is 5.91 Å². The molecule has 0 aliphatic carbocycles. The number of hydrogen-bond acceptors (Lipinski definition) is 7. The number of rotatable bonds is 7. The average Bonchev–Trinajstić information content (AvgIpc) is 1.93. The zero-order valence-electron chi connectivity index (χ0n) is 7.77. The smallest absolute Gasteiger partial charge is 0.368 e. The van der Waals surface area contributed by atoms with Gasteiger partial charge in [-0.3, -0.25) is 9.32 Å². The fourth-order valence-electron chi connectivity index (χ4n) is 0.448. The van der Waals surface area contributed by atoms with Gasteiger partial charge in [0.15, 0.2) is 0 Å². The van der Waals surface area contributed by atoms with Gasteiger partial charge < -0.3 is 25.3 Å². The van der Waals surface area contributed by atoms with Gasteiger partial charge in [0.25, 0.3) is 0 Å². The second-order valence-corrected chi connectivity index (χ2v) is 6.75. The van der Waals surface area contributed by atoms with Crippen LogP contribution in [0.2, 0.25) is 0 Å². The maximum absolute atomic E-state index is 10.9. The summed E-state index contributed by atoms with van der Waals surface area (Å²) in [4.78, 5) is 43.9. The van der Waals surface area contributed by atoms with Crippen LogP contribution in [0.15, 0.2) is 0 Å². The number of phosphoric ester groups is 1. The van der Waals surface area contributed by atoms with Gasteiger partial charge in [0.1, 0.15) is 6.61 Å². The molecule has 17 heavy (non-hydrogen) atoms. The quantitative estimate of drug-likeness (QED) is 0.353. The minimum Gasteiger partial charge on any atom is -0.368 e. The van der Waals surface area contributed by atoms with Gasteiger partial charge in [0, 0.05) is 0 Å². The predicted molar refractivity (Wildman–Crippen MR) is 49.0 cm³/mol. The zero-order valence-corrected chi connectivity index (χ0v) is 10.5. The summed E-state index contributed by atoms with van der Waals surface area (Å²) in [6.07, 6.45) is 0. The number of hydrogen-bond donors (Lipinski definition) is 5. The van der Waals surface area contributed by atoms with Crippen molar-refractivity contribution in [3.05, 3.63) is 0 Å². The molecule has 0 aromatic rings. The van der Waals surface area contributed by atoms with Gasteiger partial charge in [0.05, 0.1) is 0 Å². The van der Waals surface area contributed by atoms with Crippen molar-refractivity contribution in [1.82, 2.24) is 0 Å². The third-order valence-corrected chi connectivity index (χ3v) is 4.57. The largest absolute Gasteiger partial charge is 0.490 e. The minimum absolute atomic E-state index is 1.12. The van der Waals surface area contributed by atoms with Gasteiger partial charge in [-0.1, -0.05) is 0 Å². The first-order valence-electron chi connectivity index (χ1n) is 3.40. The number of carbonyl (C=O) groups is 1. The summed E-state index contributed by atoms with van der Waals surface area (Å²) in [6.45, 7) is -1.12. The molecule has 0 fully saturated rings. The molecule has 0 spiro atoms. The third-order valence-electron chi connectivity index (χ3n) is 0.786. The molecule has 1 amide bonds. The number of nitrogens with two attached hydrogens (primary N) is 1. The first-order chi connectivity index (χ1) is 7.33. The highest BCUT2D eigenvalue weighted by Gasteiger charge is 2.40. The molecule has 6 N–H and O–H groups in total. The minimum atomic E-state index is -5.55. The normalized spacial score (nSPS) is 19.3. The Morgan fingerprint density at radius 2 is 1.47 bits per heavy atom. The van der Waals surface area contributed by atoms with Crippen LogP contribution in [0.25, 0.3) is 0 Å². The zero-order chi connectivity index (χ0) is 13.9.